The number of carbonyl (C=O) groups is 3. The number of aromatic carboxylic acids is 1. The third-order valence-corrected chi connectivity index (χ3v) is 4.64. The Morgan fingerprint density at radius 2 is 1.93 bits per heavy atom. The van der Waals surface area contributed by atoms with Crippen LogP contribution in [0.25, 0.3) is 17.4 Å². The number of hydrogen-bond donors (Lipinski definition) is 1. The highest BCUT2D eigenvalue weighted by molar-refractivity contribution is 6.33. The Kier molecular flexibility index (Phi) is 4.85. The molecule has 1 aliphatic heterocycles. The summed E-state index contributed by atoms with van der Waals surface area (Å²) in [5.41, 5.74) is 2.86. The number of nitrogens with one attached hydrogen (secondary N) is 1. The van der Waals surface area contributed by atoms with E-state index in [0.717, 1.165) is 11.1 Å². The molecule has 30 heavy (non-hydrogen) atoms. The standard InChI is InChI=1S/C21H12ClFN2O5/c22-16-9-13(4-6-17(16)23)25-20(27)15(19(26)24-25)10-14-5-7-18(30-14)11-2-1-3-12(8-11)21(28)29/h1-10H,(H,24,26)(H,28,29)/p-1/b15-10-. The number of furan rings is 1. The van der Waals surface area contributed by atoms with Gasteiger partial charge in [0.2, 0.25) is 0 Å². The topological polar surface area (TPSA) is 103 Å². The van der Waals surface area contributed by atoms with Crippen molar-refractivity contribution in [3.63, 3.8) is 0 Å². The van der Waals surface area contributed by atoms with Crippen LogP contribution < -0.4 is 15.5 Å². The summed E-state index contributed by atoms with van der Waals surface area (Å²) >= 11 is 5.74. The molecule has 0 aliphatic carbocycles. The molecule has 0 unspecified atom stereocenters. The molecule has 2 aromatic carbocycles. The fraction of sp³-hybridized carbons (Fsp3) is 0. The highest BCUT2D eigenvalue weighted by Crippen LogP contribution is 2.28. The number of hydrogen-bond acceptors (Lipinski definition) is 5. The molecule has 0 radical (unpaired) electrons. The number of rotatable bonds is 4. The maximum Gasteiger partial charge on any atom is 0.282 e. The first-order valence-electron chi connectivity index (χ1n) is 8.57. The van der Waals surface area contributed by atoms with Gasteiger partial charge in [-0.1, -0.05) is 29.8 Å². The number of benzene rings is 2. The van der Waals surface area contributed by atoms with E-state index in [-0.39, 0.29) is 27.6 Å². The molecule has 1 N–H and O–H groups in total. The van der Waals surface area contributed by atoms with Crippen LogP contribution in [0.4, 0.5) is 10.1 Å². The Balaban J connectivity index is 1.62. The van der Waals surface area contributed by atoms with Crippen molar-refractivity contribution in [2.45, 2.75) is 0 Å². The lowest BCUT2D eigenvalue weighted by Crippen LogP contribution is -2.35. The summed E-state index contributed by atoms with van der Waals surface area (Å²) in [6, 6.07) is 12.7. The molecule has 150 valence electrons. The Bertz CT molecular complexity index is 1230. The monoisotopic (exact) mass is 425 g/mol. The maximum atomic E-state index is 13.4. The van der Waals surface area contributed by atoms with Crippen LogP contribution in [0, 0.1) is 5.82 Å². The van der Waals surface area contributed by atoms with E-state index >= 15 is 0 Å². The molecule has 0 atom stereocenters. The number of carboxylic acids is 1. The van der Waals surface area contributed by atoms with Gasteiger partial charge in [0.05, 0.1) is 16.7 Å². The van der Waals surface area contributed by atoms with Crippen molar-refractivity contribution in [2.24, 2.45) is 0 Å². The van der Waals surface area contributed by atoms with Gasteiger partial charge in [-0.15, -0.1) is 0 Å². The number of anilines is 1. The quantitative estimate of drug-likeness (QED) is 0.511. The van der Waals surface area contributed by atoms with E-state index in [9.17, 15) is 23.9 Å². The number of amides is 2. The van der Waals surface area contributed by atoms with Crippen LogP contribution in [0.5, 0.6) is 0 Å². The summed E-state index contributed by atoms with van der Waals surface area (Å²) in [7, 11) is 0. The molecule has 1 saturated heterocycles. The Morgan fingerprint density at radius 3 is 2.67 bits per heavy atom. The predicted molar refractivity (Wildman–Crippen MR) is 103 cm³/mol. The number of carbonyl (C=O) groups excluding carboxylic acids is 3. The molecule has 3 aromatic rings. The molecule has 4 rings (SSSR count). The summed E-state index contributed by atoms with van der Waals surface area (Å²) in [5, 5.41) is 11.8. The van der Waals surface area contributed by atoms with E-state index in [0.29, 0.717) is 11.3 Å². The van der Waals surface area contributed by atoms with E-state index in [2.05, 4.69) is 5.43 Å². The van der Waals surface area contributed by atoms with Gasteiger partial charge in [-0.2, -0.15) is 0 Å². The summed E-state index contributed by atoms with van der Waals surface area (Å²) < 4.78 is 19.0. The average Bonchev–Trinajstić information content (AvgIpc) is 3.30. The van der Waals surface area contributed by atoms with E-state index in [1.54, 1.807) is 18.2 Å². The van der Waals surface area contributed by atoms with E-state index < -0.39 is 23.6 Å². The summed E-state index contributed by atoms with van der Waals surface area (Å²) in [5.74, 6) is -2.75. The lowest BCUT2D eigenvalue weighted by Gasteiger charge is -2.14. The minimum Gasteiger partial charge on any atom is -0.545 e. The number of nitrogens with zero attached hydrogens (tertiary/aromatic N) is 1. The van der Waals surface area contributed by atoms with Crippen LogP contribution in [-0.4, -0.2) is 17.8 Å². The van der Waals surface area contributed by atoms with Crippen LogP contribution in [-0.2, 0) is 9.59 Å². The number of hydrazine groups is 1. The second-order valence-corrected chi connectivity index (χ2v) is 6.72. The van der Waals surface area contributed by atoms with Gasteiger partial charge < -0.3 is 14.3 Å². The third-order valence-electron chi connectivity index (χ3n) is 4.35. The minimum absolute atomic E-state index is 0.0113. The van der Waals surface area contributed by atoms with Gasteiger partial charge in [-0.3, -0.25) is 15.0 Å². The molecule has 1 aliphatic rings. The molecule has 1 aromatic heterocycles. The molecule has 2 amide bonds. The summed E-state index contributed by atoms with van der Waals surface area (Å²) in [4.78, 5) is 35.9. The van der Waals surface area contributed by atoms with Crippen molar-refractivity contribution in [2.75, 3.05) is 5.01 Å². The Hall–Kier alpha value is -3.91. The fourth-order valence-corrected chi connectivity index (χ4v) is 3.07. The van der Waals surface area contributed by atoms with Crippen LogP contribution >= 0.6 is 11.6 Å². The van der Waals surface area contributed by atoms with Gasteiger partial charge in [0.15, 0.2) is 0 Å². The number of carboxylic acid groups (broad SMARTS) is 1. The van der Waals surface area contributed by atoms with E-state index in [1.165, 1.54) is 36.4 Å². The van der Waals surface area contributed by atoms with Crippen molar-refractivity contribution in [1.29, 1.82) is 0 Å². The van der Waals surface area contributed by atoms with Crippen LogP contribution in [0.2, 0.25) is 5.02 Å². The third kappa shape index (κ3) is 3.56. The molecular weight excluding hydrogens is 415 g/mol. The van der Waals surface area contributed by atoms with Gasteiger partial charge >= 0.3 is 0 Å². The number of halogens is 2. The fourth-order valence-electron chi connectivity index (χ4n) is 2.89. The van der Waals surface area contributed by atoms with Crippen molar-refractivity contribution in [3.8, 4) is 11.3 Å². The summed E-state index contributed by atoms with van der Waals surface area (Å²) in [6.07, 6.45) is 1.26. The van der Waals surface area contributed by atoms with Crippen molar-refractivity contribution < 1.29 is 28.3 Å². The minimum atomic E-state index is -1.32. The normalized spacial score (nSPS) is 15.0. The smallest absolute Gasteiger partial charge is 0.282 e. The Labute approximate surface area is 173 Å². The van der Waals surface area contributed by atoms with Crippen LogP contribution in [0.3, 0.4) is 0 Å². The first-order chi connectivity index (χ1) is 14.3. The molecule has 2 heterocycles. The molecule has 0 bridgehead atoms. The first-order valence-corrected chi connectivity index (χ1v) is 8.95. The van der Waals surface area contributed by atoms with E-state index in [4.69, 9.17) is 16.0 Å². The molecule has 0 saturated carbocycles. The zero-order valence-corrected chi connectivity index (χ0v) is 15.8. The first kappa shape index (κ1) is 19.4. The van der Waals surface area contributed by atoms with Crippen molar-refractivity contribution in [1.82, 2.24) is 5.43 Å². The summed E-state index contributed by atoms with van der Waals surface area (Å²) in [6.45, 7) is 0. The SMILES string of the molecule is O=C1NN(c2ccc(F)c(Cl)c2)C(=O)/C1=C\c1ccc(-c2cccc(C(=O)[O-])c2)o1. The maximum absolute atomic E-state index is 13.4. The van der Waals surface area contributed by atoms with Gasteiger partial charge in [-0.25, -0.2) is 9.40 Å². The molecular formula is C21H11ClFN2O5-. The Morgan fingerprint density at radius 1 is 1.13 bits per heavy atom. The molecule has 9 heteroatoms. The second kappa shape index (κ2) is 7.49. The predicted octanol–water partition coefficient (Wildman–Crippen LogP) is 2.56. The lowest BCUT2D eigenvalue weighted by atomic mass is 10.1. The zero-order chi connectivity index (χ0) is 21.4. The van der Waals surface area contributed by atoms with E-state index in [1.807, 2.05) is 0 Å². The molecule has 1 fully saturated rings. The van der Waals surface area contributed by atoms with Gasteiger partial charge in [0.25, 0.3) is 11.8 Å². The lowest BCUT2D eigenvalue weighted by molar-refractivity contribution is -0.255. The van der Waals surface area contributed by atoms with Gasteiger partial charge in [0.1, 0.15) is 22.9 Å². The van der Waals surface area contributed by atoms with Gasteiger partial charge in [-0.05, 0) is 48.0 Å². The van der Waals surface area contributed by atoms with Gasteiger partial charge in [0, 0.05) is 5.56 Å². The highest BCUT2D eigenvalue weighted by atomic mass is 35.5. The van der Waals surface area contributed by atoms with Crippen LogP contribution in [0.15, 0.2) is 64.6 Å². The van der Waals surface area contributed by atoms with Crippen molar-refractivity contribution >= 4 is 41.1 Å². The second-order valence-electron chi connectivity index (χ2n) is 6.31. The molecule has 7 nitrogen and oxygen atoms in total. The zero-order valence-electron chi connectivity index (χ0n) is 15.0. The van der Waals surface area contributed by atoms with Crippen molar-refractivity contribution in [3.05, 3.63) is 82.3 Å². The molecule has 0 spiro atoms. The highest BCUT2D eigenvalue weighted by Gasteiger charge is 2.35. The largest absolute Gasteiger partial charge is 0.545 e. The average molecular weight is 426 g/mol. The van der Waals surface area contributed by atoms with Crippen LogP contribution in [0.1, 0.15) is 16.1 Å².